The lowest BCUT2D eigenvalue weighted by molar-refractivity contribution is 0.0688. The van der Waals surface area contributed by atoms with Crippen molar-refractivity contribution in [3.05, 3.63) is 35.7 Å². The average molecular weight is 362 g/mol. The minimum atomic E-state index is -0.267. The summed E-state index contributed by atoms with van der Waals surface area (Å²) < 4.78 is 16.9. The van der Waals surface area contributed by atoms with Crippen LogP contribution in [0.15, 0.2) is 24.4 Å². The minimum absolute atomic E-state index is 0.209. The maximum Gasteiger partial charge on any atom is 0.255 e. The Hall–Kier alpha value is -2.78. The largest absolute Gasteiger partial charge is 0.496 e. The zero-order valence-corrected chi connectivity index (χ0v) is 14.8. The van der Waals surface area contributed by atoms with Gasteiger partial charge < -0.3 is 19.5 Å². The Labute approximate surface area is 151 Å². The second-order valence-electron chi connectivity index (χ2n) is 5.31. The van der Waals surface area contributed by atoms with Crippen molar-refractivity contribution in [1.29, 1.82) is 0 Å². The van der Waals surface area contributed by atoms with Gasteiger partial charge in [-0.15, -0.1) is 5.10 Å². The van der Waals surface area contributed by atoms with Gasteiger partial charge in [-0.05, 0) is 24.6 Å². The second kappa shape index (κ2) is 10.3. The summed E-state index contributed by atoms with van der Waals surface area (Å²) in [6.45, 7) is 2.08. The van der Waals surface area contributed by atoms with Crippen LogP contribution in [-0.2, 0) is 9.47 Å². The van der Waals surface area contributed by atoms with E-state index < -0.39 is 0 Å². The number of nitrogens with one attached hydrogen (secondary N) is 1. The maximum absolute atomic E-state index is 12.5. The number of carbonyl (C=O) groups excluding carboxylic acids is 2. The zero-order chi connectivity index (χ0) is 18.8. The van der Waals surface area contributed by atoms with Crippen molar-refractivity contribution in [1.82, 2.24) is 20.3 Å². The van der Waals surface area contributed by atoms with Gasteiger partial charge in [0, 0.05) is 20.3 Å². The van der Waals surface area contributed by atoms with E-state index >= 15 is 0 Å². The number of aromatic nitrogens is 3. The lowest BCUT2D eigenvalue weighted by Crippen LogP contribution is -2.26. The highest BCUT2D eigenvalue weighted by atomic mass is 16.5. The van der Waals surface area contributed by atoms with E-state index in [0.29, 0.717) is 56.1 Å². The summed E-state index contributed by atoms with van der Waals surface area (Å²) in [7, 11) is 3.11. The van der Waals surface area contributed by atoms with Crippen LogP contribution in [-0.4, -0.2) is 67.8 Å². The molecule has 0 aliphatic heterocycles. The average Bonchev–Trinajstić information content (AvgIpc) is 3.16. The Morgan fingerprint density at radius 2 is 2.12 bits per heavy atom. The van der Waals surface area contributed by atoms with Gasteiger partial charge in [0.25, 0.3) is 5.91 Å². The Bertz CT molecular complexity index is 732. The predicted octanol–water partition coefficient (Wildman–Crippen LogP) is 0.871. The van der Waals surface area contributed by atoms with Crippen LogP contribution in [0.5, 0.6) is 5.75 Å². The number of carbonyl (C=O) groups is 2. The van der Waals surface area contributed by atoms with Gasteiger partial charge in [0.15, 0.2) is 6.29 Å². The number of benzene rings is 1. The molecule has 1 amide bonds. The van der Waals surface area contributed by atoms with Crippen molar-refractivity contribution >= 4 is 12.2 Å². The molecule has 0 unspecified atom stereocenters. The van der Waals surface area contributed by atoms with Crippen LogP contribution in [0.4, 0.5) is 0 Å². The molecule has 1 heterocycles. The molecule has 9 nitrogen and oxygen atoms in total. The molecule has 9 heteroatoms. The molecule has 26 heavy (non-hydrogen) atoms. The molecular weight excluding hydrogens is 340 g/mol. The van der Waals surface area contributed by atoms with Crippen LogP contribution in [0, 0.1) is 0 Å². The molecule has 0 aliphatic rings. The first-order chi connectivity index (χ1) is 12.7. The molecule has 0 spiro atoms. The molecular formula is C17H22N4O5. The van der Waals surface area contributed by atoms with E-state index in [0.717, 1.165) is 0 Å². The third kappa shape index (κ3) is 5.36. The first kappa shape index (κ1) is 19.5. The van der Waals surface area contributed by atoms with Crippen LogP contribution in [0.3, 0.4) is 0 Å². The monoisotopic (exact) mass is 362 g/mol. The van der Waals surface area contributed by atoms with E-state index in [9.17, 15) is 9.59 Å². The zero-order valence-electron chi connectivity index (χ0n) is 14.8. The van der Waals surface area contributed by atoms with Gasteiger partial charge in [0.2, 0.25) is 0 Å². The molecule has 0 bridgehead atoms. The standard InChI is InChI=1S/C17H22N4O5/c1-24-8-9-26-7-3-6-18-17(23)15-10-14(4-5-16(15)25-2)21-11-13(12-22)19-20-21/h4-5,10-12H,3,6-9H2,1-2H3,(H,18,23). The number of amides is 1. The van der Waals surface area contributed by atoms with E-state index in [1.165, 1.54) is 18.0 Å². The molecule has 1 aromatic carbocycles. The molecule has 0 fully saturated rings. The van der Waals surface area contributed by atoms with Gasteiger partial charge in [-0.2, -0.15) is 0 Å². The molecule has 0 saturated carbocycles. The van der Waals surface area contributed by atoms with Crippen LogP contribution < -0.4 is 10.1 Å². The summed E-state index contributed by atoms with van der Waals surface area (Å²) >= 11 is 0. The molecule has 0 saturated heterocycles. The highest BCUT2D eigenvalue weighted by molar-refractivity contribution is 5.97. The Morgan fingerprint density at radius 3 is 2.81 bits per heavy atom. The fraction of sp³-hybridized carbons (Fsp3) is 0.412. The molecule has 140 valence electrons. The van der Waals surface area contributed by atoms with Crippen LogP contribution in [0.2, 0.25) is 0 Å². The maximum atomic E-state index is 12.5. The fourth-order valence-electron chi connectivity index (χ4n) is 2.19. The first-order valence-corrected chi connectivity index (χ1v) is 8.10. The highest BCUT2D eigenvalue weighted by Gasteiger charge is 2.14. The fourth-order valence-corrected chi connectivity index (χ4v) is 2.19. The van der Waals surface area contributed by atoms with E-state index in [1.807, 2.05) is 0 Å². The summed E-state index contributed by atoms with van der Waals surface area (Å²) in [5, 5.41) is 10.4. The quantitative estimate of drug-likeness (QED) is 0.467. The number of aldehydes is 1. The third-order valence-corrected chi connectivity index (χ3v) is 3.51. The molecule has 2 aromatic rings. The smallest absolute Gasteiger partial charge is 0.255 e. The second-order valence-corrected chi connectivity index (χ2v) is 5.31. The van der Waals surface area contributed by atoms with Crippen molar-refractivity contribution in [2.75, 3.05) is 40.6 Å². The van der Waals surface area contributed by atoms with Crippen molar-refractivity contribution in [2.24, 2.45) is 0 Å². The Morgan fingerprint density at radius 1 is 1.27 bits per heavy atom. The normalized spacial score (nSPS) is 10.5. The predicted molar refractivity (Wildman–Crippen MR) is 92.9 cm³/mol. The number of hydrogen-bond acceptors (Lipinski definition) is 7. The van der Waals surface area contributed by atoms with Gasteiger partial charge >= 0.3 is 0 Å². The molecule has 1 N–H and O–H groups in total. The number of nitrogens with zero attached hydrogens (tertiary/aromatic N) is 3. The van der Waals surface area contributed by atoms with Crippen molar-refractivity contribution in [3.63, 3.8) is 0 Å². The van der Waals surface area contributed by atoms with Crippen molar-refractivity contribution in [3.8, 4) is 11.4 Å². The molecule has 2 rings (SSSR count). The third-order valence-electron chi connectivity index (χ3n) is 3.51. The van der Waals surface area contributed by atoms with E-state index in [2.05, 4.69) is 15.6 Å². The van der Waals surface area contributed by atoms with Crippen molar-refractivity contribution in [2.45, 2.75) is 6.42 Å². The lowest BCUT2D eigenvalue weighted by Gasteiger charge is -2.11. The Balaban J connectivity index is 1.98. The summed E-state index contributed by atoms with van der Waals surface area (Å²) in [6.07, 6.45) is 2.77. The van der Waals surface area contributed by atoms with Gasteiger partial charge in [0.05, 0.1) is 37.8 Å². The highest BCUT2D eigenvalue weighted by Crippen LogP contribution is 2.21. The van der Waals surface area contributed by atoms with E-state index in [1.54, 1.807) is 25.3 Å². The topological polar surface area (TPSA) is 105 Å². The number of hydrogen-bond donors (Lipinski definition) is 1. The van der Waals surface area contributed by atoms with Crippen LogP contribution in [0.1, 0.15) is 27.3 Å². The summed E-state index contributed by atoms with van der Waals surface area (Å²) in [6, 6.07) is 5.02. The van der Waals surface area contributed by atoms with E-state index in [-0.39, 0.29) is 11.6 Å². The lowest BCUT2D eigenvalue weighted by atomic mass is 10.1. The molecule has 1 aromatic heterocycles. The van der Waals surface area contributed by atoms with Gasteiger partial charge in [-0.25, -0.2) is 4.68 Å². The number of rotatable bonds is 11. The van der Waals surface area contributed by atoms with Crippen LogP contribution >= 0.6 is 0 Å². The van der Waals surface area contributed by atoms with Crippen LogP contribution in [0.25, 0.3) is 5.69 Å². The van der Waals surface area contributed by atoms with Gasteiger partial charge in [-0.1, -0.05) is 5.21 Å². The molecule has 0 radical (unpaired) electrons. The minimum Gasteiger partial charge on any atom is -0.496 e. The molecule has 0 atom stereocenters. The summed E-state index contributed by atoms with van der Waals surface area (Å²) in [4.78, 5) is 23.2. The van der Waals surface area contributed by atoms with Gasteiger partial charge in [-0.3, -0.25) is 9.59 Å². The Kier molecular flexibility index (Phi) is 7.72. The van der Waals surface area contributed by atoms with Crippen molar-refractivity contribution < 1.29 is 23.8 Å². The molecule has 0 aliphatic carbocycles. The summed E-state index contributed by atoms with van der Waals surface area (Å²) in [5.41, 5.74) is 1.17. The number of methoxy groups -OCH3 is 2. The summed E-state index contributed by atoms with van der Waals surface area (Å²) in [5.74, 6) is 0.176. The van der Waals surface area contributed by atoms with Gasteiger partial charge in [0.1, 0.15) is 11.4 Å². The SMILES string of the molecule is COCCOCCCNC(=O)c1cc(-n2cc(C=O)nn2)ccc1OC. The number of ether oxygens (including phenoxy) is 3. The first-order valence-electron chi connectivity index (χ1n) is 8.10. The van der Waals surface area contributed by atoms with E-state index in [4.69, 9.17) is 14.2 Å².